The number of fused-ring (bicyclic) bond motifs is 1. The van der Waals surface area contributed by atoms with Crippen molar-refractivity contribution in [3.63, 3.8) is 0 Å². The Morgan fingerprint density at radius 3 is 2.67 bits per heavy atom. The number of aromatic nitrogens is 2. The lowest BCUT2D eigenvalue weighted by atomic mass is 10.0. The van der Waals surface area contributed by atoms with E-state index in [-0.39, 0.29) is 29.9 Å². The average Bonchev–Trinajstić information content (AvgIpc) is 3.45. The molecule has 5 rings (SSSR count). The van der Waals surface area contributed by atoms with Crippen LogP contribution >= 0.6 is 0 Å². The molecule has 2 aromatic carbocycles. The molecule has 3 heterocycles. The summed E-state index contributed by atoms with van der Waals surface area (Å²) in [5.41, 5.74) is 3.52. The van der Waals surface area contributed by atoms with Gasteiger partial charge in [-0.25, -0.2) is 9.37 Å². The Kier molecular flexibility index (Phi) is 5.40. The first-order valence-electron chi connectivity index (χ1n) is 11.1. The molecule has 1 amide bonds. The highest BCUT2D eigenvalue weighted by atomic mass is 19.1. The van der Waals surface area contributed by atoms with Crippen LogP contribution in [0, 0.1) is 12.7 Å². The molecule has 0 N–H and O–H groups in total. The zero-order valence-electron chi connectivity index (χ0n) is 18.9. The van der Waals surface area contributed by atoms with Crippen LogP contribution in [0.4, 0.5) is 4.39 Å². The summed E-state index contributed by atoms with van der Waals surface area (Å²) in [5, 5.41) is 0. The van der Waals surface area contributed by atoms with Gasteiger partial charge in [-0.3, -0.25) is 4.79 Å². The molecule has 170 valence electrons. The quantitative estimate of drug-likeness (QED) is 0.538. The first-order valence-corrected chi connectivity index (χ1v) is 11.1. The average molecular weight is 448 g/mol. The number of carbonyl (C=O) groups excluding carboxylic acids is 1. The molecular formula is C26H26FN3O3. The Morgan fingerprint density at radius 1 is 1.18 bits per heavy atom. The molecule has 2 fully saturated rings. The molecule has 6 nitrogen and oxygen atoms in total. The molecule has 0 spiro atoms. The maximum atomic E-state index is 13.5. The summed E-state index contributed by atoms with van der Waals surface area (Å²) in [6, 6.07) is 12.1. The van der Waals surface area contributed by atoms with Crippen molar-refractivity contribution in [1.29, 1.82) is 0 Å². The van der Waals surface area contributed by atoms with E-state index >= 15 is 0 Å². The predicted octanol–water partition coefficient (Wildman–Crippen LogP) is 4.82. The van der Waals surface area contributed by atoms with Gasteiger partial charge in [0.05, 0.1) is 36.9 Å². The van der Waals surface area contributed by atoms with Gasteiger partial charge < -0.3 is 18.9 Å². The molecule has 0 bridgehead atoms. The molecule has 33 heavy (non-hydrogen) atoms. The lowest BCUT2D eigenvalue weighted by Crippen LogP contribution is -2.49. The molecule has 0 radical (unpaired) electrons. The van der Waals surface area contributed by atoms with Crippen LogP contribution in [0.2, 0.25) is 0 Å². The van der Waals surface area contributed by atoms with Crippen molar-refractivity contribution >= 4 is 12.0 Å². The topological polar surface area (TPSA) is 56.6 Å². The number of amides is 1. The maximum Gasteiger partial charge on any atom is 0.289 e. The molecule has 0 unspecified atom stereocenters. The van der Waals surface area contributed by atoms with Crippen LogP contribution in [-0.4, -0.2) is 39.6 Å². The lowest BCUT2D eigenvalue weighted by Gasteiger charge is -2.39. The van der Waals surface area contributed by atoms with E-state index in [1.807, 2.05) is 47.7 Å². The fourth-order valence-electron chi connectivity index (χ4n) is 4.86. The summed E-state index contributed by atoms with van der Waals surface area (Å²) in [5.74, 6) is 0.555. The number of methoxy groups -OCH3 is 1. The molecule has 0 saturated carbocycles. The number of benzene rings is 2. The van der Waals surface area contributed by atoms with Gasteiger partial charge in [-0.2, -0.15) is 0 Å². The second-order valence-corrected chi connectivity index (χ2v) is 8.61. The Balaban J connectivity index is 1.46. The minimum absolute atomic E-state index is 0.00564. The Hall–Kier alpha value is -3.61. The molecule has 7 heteroatoms. The van der Waals surface area contributed by atoms with Crippen molar-refractivity contribution < 1.29 is 18.7 Å². The van der Waals surface area contributed by atoms with E-state index in [0.717, 1.165) is 35.3 Å². The van der Waals surface area contributed by atoms with Gasteiger partial charge in [0.15, 0.2) is 5.76 Å². The monoisotopic (exact) mass is 447 g/mol. The molecule has 0 aliphatic carbocycles. The highest BCUT2D eigenvalue weighted by Gasteiger charge is 2.46. The highest BCUT2D eigenvalue weighted by Crippen LogP contribution is 2.42. The first kappa shape index (κ1) is 21.2. The van der Waals surface area contributed by atoms with Gasteiger partial charge in [0.2, 0.25) is 0 Å². The zero-order chi connectivity index (χ0) is 23.1. The number of nitrogens with zero attached hydrogens (tertiary/aromatic N) is 3. The van der Waals surface area contributed by atoms with Crippen LogP contribution in [0.15, 0.2) is 60.7 Å². The van der Waals surface area contributed by atoms with Gasteiger partial charge >= 0.3 is 0 Å². The lowest BCUT2D eigenvalue weighted by molar-refractivity contribution is -0.144. The molecule has 1 aromatic heterocycles. The van der Waals surface area contributed by atoms with Gasteiger partial charge in [0.1, 0.15) is 17.7 Å². The molecule has 2 saturated heterocycles. The molecule has 3 atom stereocenters. The molecule has 2 aliphatic heterocycles. The molecular weight excluding hydrogens is 421 g/mol. The fourth-order valence-corrected chi connectivity index (χ4v) is 4.86. The number of imidazole rings is 1. The second kappa shape index (κ2) is 8.39. The smallest absolute Gasteiger partial charge is 0.289 e. The number of rotatable bonds is 4. The van der Waals surface area contributed by atoms with E-state index in [1.54, 1.807) is 31.6 Å². The van der Waals surface area contributed by atoms with Gasteiger partial charge in [-0.1, -0.05) is 18.2 Å². The third-order valence-corrected chi connectivity index (χ3v) is 6.48. The maximum absolute atomic E-state index is 13.5. The van der Waals surface area contributed by atoms with Gasteiger partial charge in [0.25, 0.3) is 5.91 Å². The third kappa shape index (κ3) is 3.88. The zero-order valence-corrected chi connectivity index (χ0v) is 18.9. The van der Waals surface area contributed by atoms with E-state index in [9.17, 15) is 9.18 Å². The normalized spacial score (nSPS) is 23.5. The van der Waals surface area contributed by atoms with Crippen molar-refractivity contribution in [3.8, 4) is 11.4 Å². The minimum Gasteiger partial charge on any atom is -0.495 e. The number of morpholine rings is 1. The van der Waals surface area contributed by atoms with E-state index in [0.29, 0.717) is 11.5 Å². The van der Waals surface area contributed by atoms with Crippen LogP contribution < -0.4 is 4.74 Å². The number of ether oxygens (including phenoxy) is 2. The minimum atomic E-state index is -0.279. The summed E-state index contributed by atoms with van der Waals surface area (Å²) < 4.78 is 27.0. The van der Waals surface area contributed by atoms with E-state index in [4.69, 9.17) is 9.47 Å². The van der Waals surface area contributed by atoms with Crippen LogP contribution in [-0.2, 0) is 9.53 Å². The predicted molar refractivity (Wildman–Crippen MR) is 122 cm³/mol. The summed E-state index contributed by atoms with van der Waals surface area (Å²) in [6.45, 7) is 3.93. The Morgan fingerprint density at radius 2 is 1.97 bits per heavy atom. The van der Waals surface area contributed by atoms with E-state index < -0.39 is 0 Å². The number of hydrogen-bond donors (Lipinski definition) is 0. The number of carbonyl (C=O) groups is 1. The van der Waals surface area contributed by atoms with Crippen LogP contribution in [0.5, 0.6) is 5.75 Å². The second-order valence-electron chi connectivity index (χ2n) is 8.61. The molecule has 2 aliphatic rings. The van der Waals surface area contributed by atoms with Crippen molar-refractivity contribution in [1.82, 2.24) is 14.5 Å². The van der Waals surface area contributed by atoms with E-state index in [1.165, 1.54) is 12.1 Å². The van der Waals surface area contributed by atoms with Crippen LogP contribution in [0.1, 0.15) is 42.6 Å². The Labute approximate surface area is 192 Å². The largest absolute Gasteiger partial charge is 0.495 e. The van der Waals surface area contributed by atoms with Gasteiger partial charge in [-0.15, -0.1) is 0 Å². The number of halogens is 1. The van der Waals surface area contributed by atoms with Crippen molar-refractivity contribution in [3.05, 3.63) is 83.4 Å². The summed E-state index contributed by atoms with van der Waals surface area (Å²) in [6.07, 6.45) is 6.98. The van der Waals surface area contributed by atoms with Crippen LogP contribution in [0.3, 0.4) is 0 Å². The first-order chi connectivity index (χ1) is 15.9. The van der Waals surface area contributed by atoms with Crippen molar-refractivity contribution in [2.45, 2.75) is 44.9 Å². The number of aryl methyl sites for hydroxylation is 1. The fraction of sp³-hybridized carbons (Fsp3) is 0.308. The van der Waals surface area contributed by atoms with Crippen molar-refractivity contribution in [2.75, 3.05) is 7.11 Å². The highest BCUT2D eigenvalue weighted by molar-refractivity contribution is 5.97. The summed E-state index contributed by atoms with van der Waals surface area (Å²) in [4.78, 5) is 19.7. The van der Waals surface area contributed by atoms with Gasteiger partial charge in [0, 0.05) is 6.20 Å². The number of hydrogen-bond acceptors (Lipinski definition) is 4. The SMILES string of the molecule is COc1cc(C=C2O[C@H](C)[C@H]3CC[C@@H](c4ccc(F)cc4)N3C2=O)ccc1-n1cnc(C)c1. The van der Waals surface area contributed by atoms with Crippen LogP contribution in [0.25, 0.3) is 11.8 Å². The standard InChI is InChI=1S/C26H26FN3O3/c1-16-14-29(15-28-16)23-9-4-18(12-24(23)32-3)13-25-26(31)30-21(17(2)33-25)10-11-22(30)19-5-7-20(27)8-6-19/h4-9,12-15,17,21-22H,10-11H2,1-3H3/t17-,21-,22+/m1/s1. The Bertz CT molecular complexity index is 1220. The molecule has 3 aromatic rings. The summed E-state index contributed by atoms with van der Waals surface area (Å²) >= 11 is 0. The van der Waals surface area contributed by atoms with E-state index in [2.05, 4.69) is 4.98 Å². The van der Waals surface area contributed by atoms with Crippen molar-refractivity contribution in [2.24, 2.45) is 0 Å². The third-order valence-electron chi connectivity index (χ3n) is 6.48. The summed E-state index contributed by atoms with van der Waals surface area (Å²) in [7, 11) is 1.62. The van der Waals surface area contributed by atoms with Gasteiger partial charge in [-0.05, 0) is 68.2 Å².